The fourth-order valence-corrected chi connectivity index (χ4v) is 3.66. The standard InChI is InChI=1S/C25H24ClNO3/c1-28-23-14-20(15-24(17-23)29-2)18-5-8-22(9-6-18)30-13-3-11-27-12-10-19-4-7-21(26)16-25(19)27/h4-10,12,14-17H,3,11,13H2,1-2H3. The molecule has 0 spiro atoms. The number of fused-ring (bicyclic) bond motifs is 1. The van der Waals surface area contributed by atoms with Gasteiger partial charge in [-0.15, -0.1) is 0 Å². The van der Waals surface area contributed by atoms with Crippen LogP contribution in [-0.2, 0) is 6.54 Å². The predicted octanol–water partition coefficient (Wildman–Crippen LogP) is 6.45. The molecule has 0 bridgehead atoms. The number of aryl methyl sites for hydroxylation is 1. The summed E-state index contributed by atoms with van der Waals surface area (Å²) in [6.45, 7) is 1.53. The molecule has 1 heterocycles. The molecule has 0 amide bonds. The molecule has 0 saturated carbocycles. The third kappa shape index (κ3) is 4.55. The molecule has 4 nitrogen and oxygen atoms in total. The Morgan fingerprint density at radius 2 is 1.50 bits per heavy atom. The molecule has 4 rings (SSSR count). The second kappa shape index (κ2) is 9.14. The molecule has 3 aromatic carbocycles. The Morgan fingerprint density at radius 3 is 2.20 bits per heavy atom. The van der Waals surface area contributed by atoms with E-state index in [-0.39, 0.29) is 0 Å². The molecule has 0 radical (unpaired) electrons. The minimum Gasteiger partial charge on any atom is -0.497 e. The quantitative estimate of drug-likeness (QED) is 0.306. The van der Waals surface area contributed by atoms with Crippen LogP contribution in [0.25, 0.3) is 22.0 Å². The van der Waals surface area contributed by atoms with Gasteiger partial charge in [-0.25, -0.2) is 0 Å². The number of benzene rings is 3. The summed E-state index contributed by atoms with van der Waals surface area (Å²) in [6, 6.07) is 22.0. The Labute approximate surface area is 181 Å². The van der Waals surface area contributed by atoms with Gasteiger partial charge in [0.05, 0.1) is 20.8 Å². The van der Waals surface area contributed by atoms with E-state index in [2.05, 4.69) is 16.8 Å². The van der Waals surface area contributed by atoms with E-state index in [0.29, 0.717) is 6.61 Å². The van der Waals surface area contributed by atoms with Crippen LogP contribution >= 0.6 is 11.6 Å². The van der Waals surface area contributed by atoms with Crippen molar-refractivity contribution in [1.29, 1.82) is 0 Å². The molecule has 0 atom stereocenters. The zero-order valence-electron chi connectivity index (χ0n) is 17.1. The highest BCUT2D eigenvalue weighted by Crippen LogP contribution is 2.30. The summed E-state index contributed by atoms with van der Waals surface area (Å²) in [7, 11) is 3.31. The third-order valence-electron chi connectivity index (χ3n) is 5.09. The van der Waals surface area contributed by atoms with Crippen LogP contribution in [-0.4, -0.2) is 25.4 Å². The first kappa shape index (κ1) is 20.2. The van der Waals surface area contributed by atoms with Crippen LogP contribution in [0.15, 0.2) is 72.9 Å². The SMILES string of the molecule is COc1cc(OC)cc(-c2ccc(OCCCn3ccc4ccc(Cl)cc43)cc2)c1. The molecule has 0 aliphatic heterocycles. The van der Waals surface area contributed by atoms with Crippen molar-refractivity contribution in [2.75, 3.05) is 20.8 Å². The Bertz CT molecular complexity index is 1110. The lowest BCUT2D eigenvalue weighted by atomic mass is 10.0. The molecule has 0 aliphatic rings. The molecular formula is C25H24ClNO3. The van der Waals surface area contributed by atoms with Gasteiger partial charge >= 0.3 is 0 Å². The summed E-state index contributed by atoms with van der Waals surface area (Å²) in [5.41, 5.74) is 3.27. The fourth-order valence-electron chi connectivity index (χ4n) is 3.49. The van der Waals surface area contributed by atoms with E-state index < -0.39 is 0 Å². The minimum absolute atomic E-state index is 0.645. The maximum atomic E-state index is 6.13. The number of methoxy groups -OCH3 is 2. The number of aromatic nitrogens is 1. The number of nitrogens with zero attached hydrogens (tertiary/aromatic N) is 1. The van der Waals surface area contributed by atoms with Gasteiger partial charge in [0.2, 0.25) is 0 Å². The van der Waals surface area contributed by atoms with Crippen LogP contribution in [0.4, 0.5) is 0 Å². The van der Waals surface area contributed by atoms with E-state index in [1.54, 1.807) is 14.2 Å². The molecule has 0 unspecified atom stereocenters. The van der Waals surface area contributed by atoms with Crippen molar-refractivity contribution >= 4 is 22.5 Å². The molecule has 30 heavy (non-hydrogen) atoms. The first-order valence-corrected chi connectivity index (χ1v) is 10.2. The van der Waals surface area contributed by atoms with Gasteiger partial charge < -0.3 is 18.8 Å². The van der Waals surface area contributed by atoms with E-state index in [9.17, 15) is 0 Å². The Kier molecular flexibility index (Phi) is 6.15. The third-order valence-corrected chi connectivity index (χ3v) is 5.32. The van der Waals surface area contributed by atoms with Crippen LogP contribution < -0.4 is 14.2 Å². The predicted molar refractivity (Wildman–Crippen MR) is 122 cm³/mol. The molecule has 0 saturated heterocycles. The summed E-state index contributed by atoms with van der Waals surface area (Å²) in [6.07, 6.45) is 3.00. The van der Waals surface area contributed by atoms with E-state index >= 15 is 0 Å². The largest absolute Gasteiger partial charge is 0.497 e. The average molecular weight is 422 g/mol. The van der Waals surface area contributed by atoms with Crippen molar-refractivity contribution in [1.82, 2.24) is 4.57 Å². The van der Waals surface area contributed by atoms with Crippen LogP contribution in [0.3, 0.4) is 0 Å². The summed E-state index contributed by atoms with van der Waals surface area (Å²) in [5.74, 6) is 2.39. The van der Waals surface area contributed by atoms with E-state index in [4.69, 9.17) is 25.8 Å². The fraction of sp³-hybridized carbons (Fsp3) is 0.200. The monoisotopic (exact) mass is 421 g/mol. The summed E-state index contributed by atoms with van der Waals surface area (Å²) in [5, 5.41) is 1.96. The van der Waals surface area contributed by atoms with Crippen molar-refractivity contribution < 1.29 is 14.2 Å². The van der Waals surface area contributed by atoms with Crippen molar-refractivity contribution in [3.05, 3.63) is 77.9 Å². The molecule has 5 heteroatoms. The summed E-state index contributed by atoms with van der Waals surface area (Å²) in [4.78, 5) is 0. The van der Waals surface area contributed by atoms with E-state index in [0.717, 1.165) is 51.9 Å². The topological polar surface area (TPSA) is 32.6 Å². The van der Waals surface area contributed by atoms with Gasteiger partial charge in [-0.05, 0) is 65.4 Å². The van der Waals surface area contributed by atoms with Crippen LogP contribution in [0.2, 0.25) is 5.02 Å². The zero-order valence-corrected chi connectivity index (χ0v) is 17.9. The van der Waals surface area contributed by atoms with Gasteiger partial charge in [0.1, 0.15) is 17.2 Å². The van der Waals surface area contributed by atoms with Gasteiger partial charge in [-0.2, -0.15) is 0 Å². The Hall–Kier alpha value is -3.11. The molecule has 1 aromatic heterocycles. The summed E-state index contributed by atoms with van der Waals surface area (Å²) < 4.78 is 18.9. The van der Waals surface area contributed by atoms with Crippen LogP contribution in [0.5, 0.6) is 17.2 Å². The van der Waals surface area contributed by atoms with Gasteiger partial charge in [-0.1, -0.05) is 29.8 Å². The maximum absolute atomic E-state index is 6.13. The van der Waals surface area contributed by atoms with Crippen molar-refractivity contribution in [3.63, 3.8) is 0 Å². The molecule has 0 fully saturated rings. The van der Waals surface area contributed by atoms with E-state index in [1.165, 1.54) is 5.39 Å². The molecular weight excluding hydrogens is 398 g/mol. The number of hydrogen-bond acceptors (Lipinski definition) is 3. The molecule has 0 aliphatic carbocycles. The Morgan fingerprint density at radius 1 is 0.767 bits per heavy atom. The second-order valence-corrected chi connectivity index (χ2v) is 7.48. The maximum Gasteiger partial charge on any atom is 0.123 e. The first-order chi connectivity index (χ1) is 14.7. The number of hydrogen-bond donors (Lipinski definition) is 0. The lowest BCUT2D eigenvalue weighted by Crippen LogP contribution is -2.03. The highest BCUT2D eigenvalue weighted by molar-refractivity contribution is 6.31. The van der Waals surface area contributed by atoms with Crippen molar-refractivity contribution in [3.8, 4) is 28.4 Å². The number of ether oxygens (including phenoxy) is 3. The second-order valence-electron chi connectivity index (χ2n) is 7.04. The lowest BCUT2D eigenvalue weighted by molar-refractivity contribution is 0.302. The van der Waals surface area contributed by atoms with E-state index in [1.807, 2.05) is 60.7 Å². The van der Waals surface area contributed by atoms with Crippen LogP contribution in [0.1, 0.15) is 6.42 Å². The number of rotatable bonds is 8. The molecule has 154 valence electrons. The average Bonchev–Trinajstić information content (AvgIpc) is 3.18. The van der Waals surface area contributed by atoms with Crippen molar-refractivity contribution in [2.24, 2.45) is 0 Å². The lowest BCUT2D eigenvalue weighted by Gasteiger charge is -2.11. The molecule has 4 aromatic rings. The van der Waals surface area contributed by atoms with Crippen molar-refractivity contribution in [2.45, 2.75) is 13.0 Å². The highest BCUT2D eigenvalue weighted by atomic mass is 35.5. The van der Waals surface area contributed by atoms with Gasteiger partial charge in [0.25, 0.3) is 0 Å². The zero-order chi connectivity index (χ0) is 20.9. The normalized spacial score (nSPS) is 10.9. The smallest absolute Gasteiger partial charge is 0.123 e. The van der Waals surface area contributed by atoms with Gasteiger partial charge in [0.15, 0.2) is 0 Å². The summed E-state index contributed by atoms with van der Waals surface area (Å²) >= 11 is 6.13. The molecule has 0 N–H and O–H groups in total. The number of halogens is 1. The first-order valence-electron chi connectivity index (χ1n) is 9.87. The van der Waals surface area contributed by atoms with Crippen LogP contribution in [0, 0.1) is 0 Å². The van der Waals surface area contributed by atoms with Gasteiger partial charge in [0, 0.05) is 29.3 Å². The highest BCUT2D eigenvalue weighted by Gasteiger charge is 2.06. The van der Waals surface area contributed by atoms with Gasteiger partial charge in [-0.3, -0.25) is 0 Å². The minimum atomic E-state index is 0.645. The Balaban J connectivity index is 1.35.